The Morgan fingerprint density at radius 3 is 2.42 bits per heavy atom. The van der Waals surface area contributed by atoms with E-state index in [-0.39, 0.29) is 17.2 Å². The molecule has 0 saturated carbocycles. The van der Waals surface area contributed by atoms with Crippen molar-refractivity contribution in [3.05, 3.63) is 92.8 Å². The number of fused-ring (bicyclic) bond motifs is 2. The van der Waals surface area contributed by atoms with Crippen molar-refractivity contribution in [1.29, 1.82) is 0 Å². The molecule has 4 aromatic rings. The molecule has 1 aliphatic rings. The summed E-state index contributed by atoms with van der Waals surface area (Å²) in [4.78, 5) is 28.2. The highest BCUT2D eigenvalue weighted by Gasteiger charge is 2.34. The predicted octanol–water partition coefficient (Wildman–Crippen LogP) is 8.32. The maximum Gasteiger partial charge on any atom is 0.258 e. The fraction of sp³-hybridized carbons (Fsp3) is 0.267. The first-order valence-corrected chi connectivity index (χ1v) is 13.8. The van der Waals surface area contributed by atoms with Gasteiger partial charge < -0.3 is 10.6 Å². The van der Waals surface area contributed by atoms with Gasteiger partial charge in [-0.1, -0.05) is 69.3 Å². The number of carbonyl (C=O) groups excluding carboxylic acids is 2. The molecule has 3 aromatic carbocycles. The molecule has 0 bridgehead atoms. The first-order valence-electron chi connectivity index (χ1n) is 12.2. The quantitative estimate of drug-likeness (QED) is 0.263. The van der Waals surface area contributed by atoms with Crippen molar-refractivity contribution in [1.82, 2.24) is 0 Å². The molecule has 2 N–H and O–H groups in total. The van der Waals surface area contributed by atoms with Crippen molar-refractivity contribution >= 4 is 60.5 Å². The summed E-state index contributed by atoms with van der Waals surface area (Å²) in [6.07, 6.45) is 2.78. The standard InChI is InChI=1S/C30H29BrN2O2S/c1-30(2,3)19-15-16-22-25(17-19)36-29(33-27(34)21-12-6-7-13-23(21)31)26(22)28(35)32-24-14-8-10-18-9-4-5-11-20(18)24/h4-14,19H,15-17H2,1-3H3,(H,32,35)(H,33,34). The Morgan fingerprint density at radius 2 is 1.64 bits per heavy atom. The number of hydrogen-bond donors (Lipinski definition) is 2. The van der Waals surface area contributed by atoms with E-state index in [0.717, 1.165) is 45.8 Å². The molecule has 4 nitrogen and oxygen atoms in total. The average Bonchev–Trinajstić information content (AvgIpc) is 3.21. The number of nitrogens with one attached hydrogen (secondary N) is 2. The first kappa shape index (κ1) is 24.7. The summed E-state index contributed by atoms with van der Waals surface area (Å²) in [6.45, 7) is 6.83. The van der Waals surface area contributed by atoms with Crippen LogP contribution in [0.4, 0.5) is 10.7 Å². The molecule has 1 unspecified atom stereocenters. The van der Waals surface area contributed by atoms with E-state index in [1.54, 1.807) is 17.4 Å². The van der Waals surface area contributed by atoms with Gasteiger partial charge in [-0.05, 0) is 75.7 Å². The highest BCUT2D eigenvalue weighted by atomic mass is 79.9. The third-order valence-electron chi connectivity index (χ3n) is 7.10. The highest BCUT2D eigenvalue weighted by Crippen LogP contribution is 2.44. The number of benzene rings is 3. The molecule has 0 aliphatic heterocycles. The van der Waals surface area contributed by atoms with Crippen molar-refractivity contribution in [2.24, 2.45) is 11.3 Å². The van der Waals surface area contributed by atoms with Crippen LogP contribution in [-0.2, 0) is 12.8 Å². The maximum atomic E-state index is 13.8. The van der Waals surface area contributed by atoms with E-state index < -0.39 is 0 Å². The number of halogens is 1. The first-order chi connectivity index (χ1) is 17.2. The minimum absolute atomic E-state index is 0.180. The van der Waals surface area contributed by atoms with Crippen molar-refractivity contribution in [2.45, 2.75) is 40.0 Å². The normalized spacial score (nSPS) is 15.4. The molecule has 1 heterocycles. The molecule has 0 fully saturated rings. The number of amides is 2. The van der Waals surface area contributed by atoms with Gasteiger partial charge in [-0.3, -0.25) is 9.59 Å². The Kier molecular flexibility index (Phi) is 6.75. The molecule has 1 aromatic heterocycles. The Balaban J connectivity index is 1.53. The second-order valence-corrected chi connectivity index (χ2v) is 12.4. The molecule has 1 aliphatic carbocycles. The summed E-state index contributed by atoms with van der Waals surface area (Å²) in [6, 6.07) is 21.2. The van der Waals surface area contributed by atoms with E-state index in [4.69, 9.17) is 0 Å². The molecule has 184 valence electrons. The molecular weight excluding hydrogens is 532 g/mol. The SMILES string of the molecule is CC(C)(C)C1CCc2c(sc(NC(=O)c3ccccc3Br)c2C(=O)Nc2cccc3ccccc23)C1. The Bertz CT molecular complexity index is 1460. The molecule has 0 radical (unpaired) electrons. The van der Waals surface area contributed by atoms with Crippen molar-refractivity contribution in [3.8, 4) is 0 Å². The molecule has 2 amide bonds. The van der Waals surface area contributed by atoms with Gasteiger partial charge in [0.25, 0.3) is 11.8 Å². The van der Waals surface area contributed by atoms with Gasteiger partial charge in [0.15, 0.2) is 0 Å². The van der Waals surface area contributed by atoms with Gasteiger partial charge in [0.05, 0.1) is 11.1 Å². The number of rotatable bonds is 4. The molecule has 36 heavy (non-hydrogen) atoms. The summed E-state index contributed by atoms with van der Waals surface area (Å²) < 4.78 is 0.721. The summed E-state index contributed by atoms with van der Waals surface area (Å²) in [5, 5.41) is 8.90. The molecule has 0 saturated heterocycles. The Hall–Kier alpha value is -2.96. The van der Waals surface area contributed by atoms with E-state index >= 15 is 0 Å². The third kappa shape index (κ3) is 4.84. The fourth-order valence-electron chi connectivity index (χ4n) is 4.99. The zero-order valence-corrected chi connectivity index (χ0v) is 23.1. The van der Waals surface area contributed by atoms with E-state index in [9.17, 15) is 9.59 Å². The predicted molar refractivity (Wildman–Crippen MR) is 153 cm³/mol. The lowest BCUT2D eigenvalue weighted by atomic mass is 9.72. The van der Waals surface area contributed by atoms with Crippen molar-refractivity contribution < 1.29 is 9.59 Å². The Morgan fingerprint density at radius 1 is 0.917 bits per heavy atom. The van der Waals surface area contributed by atoms with Crippen LogP contribution in [0.1, 0.15) is 58.3 Å². The second kappa shape index (κ2) is 9.83. The molecule has 0 spiro atoms. The number of carbonyl (C=O) groups is 2. The van der Waals surface area contributed by atoms with Crippen LogP contribution < -0.4 is 10.6 Å². The lowest BCUT2D eigenvalue weighted by Gasteiger charge is -2.33. The molecule has 1 atom stereocenters. The van der Waals surface area contributed by atoms with Crippen LogP contribution in [0.15, 0.2) is 71.2 Å². The van der Waals surface area contributed by atoms with Crippen LogP contribution >= 0.6 is 27.3 Å². The number of thiophene rings is 1. The summed E-state index contributed by atoms with van der Waals surface area (Å²) in [7, 11) is 0. The lowest BCUT2D eigenvalue weighted by molar-refractivity contribution is 0.102. The van der Waals surface area contributed by atoms with Crippen molar-refractivity contribution in [2.75, 3.05) is 10.6 Å². The van der Waals surface area contributed by atoms with Crippen LogP contribution in [0.2, 0.25) is 0 Å². The lowest BCUT2D eigenvalue weighted by Crippen LogP contribution is -2.27. The third-order valence-corrected chi connectivity index (χ3v) is 8.96. The van der Waals surface area contributed by atoms with Crippen molar-refractivity contribution in [3.63, 3.8) is 0 Å². The zero-order chi connectivity index (χ0) is 25.4. The van der Waals surface area contributed by atoms with Crippen LogP contribution in [0.3, 0.4) is 0 Å². The van der Waals surface area contributed by atoms with Crippen LogP contribution in [-0.4, -0.2) is 11.8 Å². The minimum Gasteiger partial charge on any atom is -0.321 e. The van der Waals surface area contributed by atoms with Gasteiger partial charge in [-0.25, -0.2) is 0 Å². The van der Waals surface area contributed by atoms with Gasteiger partial charge in [-0.15, -0.1) is 11.3 Å². The Labute approximate surface area is 224 Å². The van der Waals surface area contributed by atoms with E-state index in [2.05, 4.69) is 47.3 Å². The number of anilines is 2. The smallest absolute Gasteiger partial charge is 0.258 e. The van der Waals surface area contributed by atoms with Gasteiger partial charge in [-0.2, -0.15) is 0 Å². The van der Waals surface area contributed by atoms with E-state index in [0.29, 0.717) is 22.0 Å². The van der Waals surface area contributed by atoms with E-state index in [1.165, 1.54) is 4.88 Å². The van der Waals surface area contributed by atoms with Crippen LogP contribution in [0, 0.1) is 11.3 Å². The topological polar surface area (TPSA) is 58.2 Å². The summed E-state index contributed by atoms with van der Waals surface area (Å²) in [5.41, 5.74) is 3.16. The zero-order valence-electron chi connectivity index (χ0n) is 20.7. The van der Waals surface area contributed by atoms with Crippen LogP contribution in [0.5, 0.6) is 0 Å². The minimum atomic E-state index is -0.229. The fourth-order valence-corrected chi connectivity index (χ4v) is 6.77. The number of hydrogen-bond acceptors (Lipinski definition) is 3. The average molecular weight is 562 g/mol. The summed E-state index contributed by atoms with van der Waals surface area (Å²) in [5.74, 6) is 0.123. The maximum absolute atomic E-state index is 13.8. The van der Waals surface area contributed by atoms with Gasteiger partial charge in [0.1, 0.15) is 5.00 Å². The van der Waals surface area contributed by atoms with Gasteiger partial charge in [0.2, 0.25) is 0 Å². The van der Waals surface area contributed by atoms with Gasteiger partial charge in [0, 0.05) is 20.4 Å². The molecule has 6 heteroatoms. The molecule has 5 rings (SSSR count). The van der Waals surface area contributed by atoms with E-state index in [1.807, 2.05) is 60.7 Å². The second-order valence-electron chi connectivity index (χ2n) is 10.4. The van der Waals surface area contributed by atoms with Crippen LogP contribution in [0.25, 0.3) is 10.8 Å². The van der Waals surface area contributed by atoms with Gasteiger partial charge >= 0.3 is 0 Å². The summed E-state index contributed by atoms with van der Waals surface area (Å²) >= 11 is 5.02. The highest BCUT2D eigenvalue weighted by molar-refractivity contribution is 9.10. The monoisotopic (exact) mass is 560 g/mol. The molecular formula is C30H29BrN2O2S. The largest absolute Gasteiger partial charge is 0.321 e.